The van der Waals surface area contributed by atoms with Gasteiger partial charge < -0.3 is 10.6 Å². The van der Waals surface area contributed by atoms with Crippen LogP contribution in [0.2, 0.25) is 0 Å². The number of likely N-dealkylation sites (tertiary alicyclic amines) is 1. The van der Waals surface area contributed by atoms with Gasteiger partial charge in [-0.2, -0.15) is 5.10 Å². The van der Waals surface area contributed by atoms with Crippen molar-refractivity contribution in [2.24, 2.45) is 11.7 Å². The number of nitrogens with two attached hydrogens (primary N) is 1. The molecule has 2 heterocycles. The second-order valence-electron chi connectivity index (χ2n) is 4.49. The van der Waals surface area contributed by atoms with Crippen molar-refractivity contribution >= 4 is 5.91 Å². The standard InChI is InChI=1S/C10H17N5O/c1-8-2-9(11)4-14(3-8)10(16)5-15-7-12-6-13-15/h6-9H,2-5,11H2,1H3. The fourth-order valence-corrected chi connectivity index (χ4v) is 2.16. The number of aromatic nitrogens is 3. The van der Waals surface area contributed by atoms with Gasteiger partial charge in [0.25, 0.3) is 0 Å². The first kappa shape index (κ1) is 11.1. The van der Waals surface area contributed by atoms with E-state index in [0.29, 0.717) is 12.5 Å². The van der Waals surface area contributed by atoms with E-state index in [4.69, 9.17) is 5.73 Å². The van der Waals surface area contributed by atoms with E-state index in [1.807, 2.05) is 4.90 Å². The molecule has 1 fully saturated rings. The van der Waals surface area contributed by atoms with Gasteiger partial charge in [-0.25, -0.2) is 9.67 Å². The first-order valence-corrected chi connectivity index (χ1v) is 5.51. The number of rotatable bonds is 2. The molecule has 6 heteroatoms. The minimum atomic E-state index is 0.0625. The predicted octanol–water partition coefficient (Wildman–Crippen LogP) is -0.526. The number of hydrogen-bond acceptors (Lipinski definition) is 4. The Labute approximate surface area is 94.4 Å². The lowest BCUT2D eigenvalue weighted by Gasteiger charge is -2.34. The topological polar surface area (TPSA) is 77.0 Å². The van der Waals surface area contributed by atoms with Crippen LogP contribution < -0.4 is 5.73 Å². The van der Waals surface area contributed by atoms with Crippen molar-refractivity contribution < 1.29 is 4.79 Å². The molecule has 16 heavy (non-hydrogen) atoms. The van der Waals surface area contributed by atoms with Crippen molar-refractivity contribution in [3.63, 3.8) is 0 Å². The second kappa shape index (κ2) is 4.61. The summed E-state index contributed by atoms with van der Waals surface area (Å²) < 4.78 is 1.53. The van der Waals surface area contributed by atoms with Crippen LogP contribution in [0, 0.1) is 5.92 Å². The van der Waals surface area contributed by atoms with Gasteiger partial charge in [-0.15, -0.1) is 0 Å². The summed E-state index contributed by atoms with van der Waals surface area (Å²) in [6.45, 7) is 3.81. The Kier molecular flexibility index (Phi) is 3.19. The molecule has 6 nitrogen and oxygen atoms in total. The Bertz CT molecular complexity index is 340. The first-order chi connectivity index (χ1) is 7.65. The highest BCUT2D eigenvalue weighted by atomic mass is 16.2. The molecule has 2 rings (SSSR count). The summed E-state index contributed by atoms with van der Waals surface area (Å²) in [5.74, 6) is 0.538. The van der Waals surface area contributed by atoms with Crippen LogP contribution in [0.3, 0.4) is 0 Å². The molecular weight excluding hydrogens is 206 g/mol. The molecule has 1 aliphatic heterocycles. The van der Waals surface area contributed by atoms with Gasteiger partial charge in [-0.05, 0) is 12.3 Å². The van der Waals surface area contributed by atoms with Crippen molar-refractivity contribution in [3.05, 3.63) is 12.7 Å². The maximum absolute atomic E-state index is 11.9. The number of amides is 1. The van der Waals surface area contributed by atoms with Crippen LogP contribution in [0.1, 0.15) is 13.3 Å². The molecule has 1 aromatic heterocycles. The molecule has 2 N–H and O–H groups in total. The van der Waals surface area contributed by atoms with Gasteiger partial charge in [0.1, 0.15) is 19.2 Å². The lowest BCUT2D eigenvalue weighted by Crippen LogP contribution is -2.49. The van der Waals surface area contributed by atoms with Crippen molar-refractivity contribution in [1.29, 1.82) is 0 Å². The van der Waals surface area contributed by atoms with Gasteiger partial charge in [-0.3, -0.25) is 4.79 Å². The normalized spacial score (nSPS) is 25.8. The molecule has 2 atom stereocenters. The van der Waals surface area contributed by atoms with E-state index in [-0.39, 0.29) is 18.5 Å². The van der Waals surface area contributed by atoms with Gasteiger partial charge >= 0.3 is 0 Å². The van der Waals surface area contributed by atoms with Crippen LogP contribution in [0.4, 0.5) is 0 Å². The zero-order valence-corrected chi connectivity index (χ0v) is 9.41. The average Bonchev–Trinajstić information content (AvgIpc) is 2.68. The predicted molar refractivity (Wildman–Crippen MR) is 58.4 cm³/mol. The van der Waals surface area contributed by atoms with E-state index in [0.717, 1.165) is 13.0 Å². The minimum absolute atomic E-state index is 0.0625. The summed E-state index contributed by atoms with van der Waals surface area (Å²) in [6, 6.07) is 0.100. The van der Waals surface area contributed by atoms with Crippen molar-refractivity contribution in [2.45, 2.75) is 25.9 Å². The van der Waals surface area contributed by atoms with Crippen molar-refractivity contribution in [3.8, 4) is 0 Å². The Morgan fingerprint density at radius 3 is 3.00 bits per heavy atom. The Hall–Kier alpha value is -1.43. The molecule has 0 radical (unpaired) electrons. The lowest BCUT2D eigenvalue weighted by molar-refractivity contribution is -0.134. The second-order valence-corrected chi connectivity index (χ2v) is 4.49. The first-order valence-electron chi connectivity index (χ1n) is 5.51. The number of piperidine rings is 1. The molecule has 1 aromatic rings. The van der Waals surface area contributed by atoms with Gasteiger partial charge in [0, 0.05) is 19.1 Å². The number of nitrogens with zero attached hydrogens (tertiary/aromatic N) is 4. The number of carbonyl (C=O) groups excluding carboxylic acids is 1. The van der Waals surface area contributed by atoms with Crippen LogP contribution >= 0.6 is 0 Å². The third-order valence-electron chi connectivity index (χ3n) is 2.81. The fourth-order valence-electron chi connectivity index (χ4n) is 2.16. The summed E-state index contributed by atoms with van der Waals surface area (Å²) in [6.07, 6.45) is 3.97. The molecule has 0 bridgehead atoms. The third kappa shape index (κ3) is 2.57. The van der Waals surface area contributed by atoms with Crippen molar-refractivity contribution in [1.82, 2.24) is 19.7 Å². The van der Waals surface area contributed by atoms with E-state index in [9.17, 15) is 4.79 Å². The van der Waals surface area contributed by atoms with Crippen LogP contribution in [-0.4, -0.2) is 44.7 Å². The van der Waals surface area contributed by atoms with Crippen LogP contribution in [-0.2, 0) is 11.3 Å². The highest BCUT2D eigenvalue weighted by molar-refractivity contribution is 5.76. The molecule has 0 saturated carbocycles. The highest BCUT2D eigenvalue weighted by Gasteiger charge is 2.25. The SMILES string of the molecule is CC1CC(N)CN(C(=O)Cn2cncn2)C1. The lowest BCUT2D eigenvalue weighted by atomic mass is 9.96. The zero-order chi connectivity index (χ0) is 11.5. The zero-order valence-electron chi connectivity index (χ0n) is 9.41. The minimum Gasteiger partial charge on any atom is -0.339 e. The monoisotopic (exact) mass is 223 g/mol. The molecule has 0 spiro atoms. The summed E-state index contributed by atoms with van der Waals surface area (Å²) in [4.78, 5) is 17.6. The number of hydrogen-bond donors (Lipinski definition) is 1. The van der Waals surface area contributed by atoms with Crippen molar-refractivity contribution in [2.75, 3.05) is 13.1 Å². The van der Waals surface area contributed by atoms with Crippen LogP contribution in [0.15, 0.2) is 12.7 Å². The smallest absolute Gasteiger partial charge is 0.244 e. The average molecular weight is 223 g/mol. The fraction of sp³-hybridized carbons (Fsp3) is 0.700. The third-order valence-corrected chi connectivity index (χ3v) is 2.81. The van der Waals surface area contributed by atoms with Gasteiger partial charge in [-0.1, -0.05) is 6.92 Å². The molecule has 88 valence electrons. The van der Waals surface area contributed by atoms with Gasteiger partial charge in [0.15, 0.2) is 0 Å². The highest BCUT2D eigenvalue weighted by Crippen LogP contribution is 2.15. The quantitative estimate of drug-likeness (QED) is 0.731. The van der Waals surface area contributed by atoms with E-state index < -0.39 is 0 Å². The van der Waals surface area contributed by atoms with E-state index in [2.05, 4.69) is 17.0 Å². The molecule has 2 unspecified atom stereocenters. The van der Waals surface area contributed by atoms with E-state index in [1.165, 1.54) is 11.0 Å². The largest absolute Gasteiger partial charge is 0.339 e. The molecule has 1 amide bonds. The van der Waals surface area contributed by atoms with E-state index >= 15 is 0 Å². The van der Waals surface area contributed by atoms with Gasteiger partial charge in [0.05, 0.1) is 0 Å². The van der Waals surface area contributed by atoms with Crippen LogP contribution in [0.25, 0.3) is 0 Å². The molecule has 0 aromatic carbocycles. The van der Waals surface area contributed by atoms with Gasteiger partial charge in [0.2, 0.25) is 5.91 Å². The summed E-state index contributed by atoms with van der Waals surface area (Å²) >= 11 is 0. The maximum Gasteiger partial charge on any atom is 0.244 e. The summed E-state index contributed by atoms with van der Waals surface area (Å²) in [5.41, 5.74) is 5.90. The molecule has 0 aliphatic carbocycles. The Balaban J connectivity index is 1.94. The molecule has 1 aliphatic rings. The molecular formula is C10H17N5O. The number of carbonyl (C=O) groups is 1. The molecule has 1 saturated heterocycles. The summed E-state index contributed by atoms with van der Waals surface area (Å²) in [5, 5.41) is 3.92. The maximum atomic E-state index is 11.9. The van der Waals surface area contributed by atoms with Crippen LogP contribution in [0.5, 0.6) is 0 Å². The Morgan fingerprint density at radius 2 is 2.38 bits per heavy atom. The Morgan fingerprint density at radius 1 is 1.56 bits per heavy atom. The van der Waals surface area contributed by atoms with E-state index in [1.54, 1.807) is 6.33 Å². The summed E-state index contributed by atoms with van der Waals surface area (Å²) in [7, 11) is 0.